The Balaban J connectivity index is 1.92. The summed E-state index contributed by atoms with van der Waals surface area (Å²) in [5, 5.41) is 4.84. The molecule has 0 saturated carbocycles. The zero-order chi connectivity index (χ0) is 21.5. The minimum absolute atomic E-state index is 0.0289. The quantitative estimate of drug-likeness (QED) is 0.622. The van der Waals surface area contributed by atoms with Gasteiger partial charge in [-0.1, -0.05) is 43.3 Å². The number of halogens is 4. The Kier molecular flexibility index (Phi) is 5.48. The van der Waals surface area contributed by atoms with Crippen LogP contribution in [0.25, 0.3) is 0 Å². The second kappa shape index (κ2) is 7.94. The Labute approximate surface area is 174 Å². The summed E-state index contributed by atoms with van der Waals surface area (Å²) in [6.07, 6.45) is -2.04. The molecule has 0 fully saturated rings. The average molecular weight is 438 g/mol. The van der Waals surface area contributed by atoms with Crippen molar-refractivity contribution in [1.29, 1.82) is 0 Å². The van der Waals surface area contributed by atoms with E-state index in [1.165, 1.54) is 0 Å². The SMILES string of the molecule is CCC[C@H]1COc2ccccc2[C@]12SC(c1cc(F)ccc1F)=NN2C(=O)C(F)F. The zero-order valence-electron chi connectivity index (χ0n) is 15.9. The molecule has 2 heterocycles. The number of hydrazone groups is 1. The van der Waals surface area contributed by atoms with E-state index >= 15 is 0 Å². The van der Waals surface area contributed by atoms with Crippen molar-refractivity contribution in [3.8, 4) is 5.75 Å². The van der Waals surface area contributed by atoms with E-state index in [2.05, 4.69) is 5.10 Å². The van der Waals surface area contributed by atoms with Crippen molar-refractivity contribution in [3.63, 3.8) is 0 Å². The highest BCUT2D eigenvalue weighted by atomic mass is 32.2. The molecule has 2 aliphatic heterocycles. The summed E-state index contributed by atoms with van der Waals surface area (Å²) in [7, 11) is 0. The average Bonchev–Trinajstić information content (AvgIpc) is 3.12. The van der Waals surface area contributed by atoms with Crippen LogP contribution in [0, 0.1) is 17.6 Å². The first-order chi connectivity index (χ1) is 14.4. The van der Waals surface area contributed by atoms with Crippen molar-refractivity contribution in [1.82, 2.24) is 5.01 Å². The molecular formula is C21H18F4N2O2S. The lowest BCUT2D eigenvalue weighted by molar-refractivity contribution is -0.149. The van der Waals surface area contributed by atoms with Gasteiger partial charge in [0.25, 0.3) is 0 Å². The second-order valence-corrected chi connectivity index (χ2v) is 8.28. The van der Waals surface area contributed by atoms with Crippen LogP contribution in [-0.2, 0) is 9.67 Å². The molecule has 0 radical (unpaired) electrons. The summed E-state index contributed by atoms with van der Waals surface area (Å²) in [4.78, 5) is 11.2. The summed E-state index contributed by atoms with van der Waals surface area (Å²) >= 11 is 0.990. The molecule has 1 amide bonds. The van der Waals surface area contributed by atoms with Crippen LogP contribution in [0.15, 0.2) is 47.6 Å². The highest BCUT2D eigenvalue weighted by molar-refractivity contribution is 8.15. The highest BCUT2D eigenvalue weighted by Crippen LogP contribution is 2.57. The summed E-state index contributed by atoms with van der Waals surface area (Å²) in [6, 6.07) is 9.68. The number of alkyl halides is 2. The zero-order valence-corrected chi connectivity index (χ0v) is 16.8. The molecule has 2 atom stereocenters. The van der Waals surface area contributed by atoms with E-state index in [1.807, 2.05) is 6.92 Å². The van der Waals surface area contributed by atoms with Crippen molar-refractivity contribution in [2.75, 3.05) is 6.61 Å². The summed E-state index contributed by atoms with van der Waals surface area (Å²) in [5.74, 6) is -2.88. The van der Waals surface area contributed by atoms with Crippen molar-refractivity contribution >= 4 is 22.7 Å². The number of thioether (sulfide) groups is 1. The van der Waals surface area contributed by atoms with E-state index in [0.29, 0.717) is 24.2 Å². The molecule has 0 N–H and O–H groups in total. The minimum Gasteiger partial charge on any atom is -0.493 e. The van der Waals surface area contributed by atoms with Gasteiger partial charge in [0.2, 0.25) is 0 Å². The van der Waals surface area contributed by atoms with Crippen LogP contribution < -0.4 is 4.74 Å². The van der Waals surface area contributed by atoms with Crippen LogP contribution in [0.2, 0.25) is 0 Å². The van der Waals surface area contributed by atoms with Crippen molar-refractivity contribution in [2.24, 2.45) is 11.0 Å². The van der Waals surface area contributed by atoms with Gasteiger partial charge >= 0.3 is 12.3 Å². The maximum atomic E-state index is 14.5. The third-order valence-corrected chi connectivity index (χ3v) is 6.75. The van der Waals surface area contributed by atoms with Gasteiger partial charge < -0.3 is 4.74 Å². The number of amides is 1. The van der Waals surface area contributed by atoms with Crippen molar-refractivity contribution in [3.05, 3.63) is 65.2 Å². The van der Waals surface area contributed by atoms with Gasteiger partial charge in [0.15, 0.2) is 4.87 Å². The van der Waals surface area contributed by atoms with E-state index in [0.717, 1.165) is 35.0 Å². The second-order valence-electron chi connectivity index (χ2n) is 7.07. The fourth-order valence-electron chi connectivity index (χ4n) is 3.92. The third kappa shape index (κ3) is 3.25. The summed E-state index contributed by atoms with van der Waals surface area (Å²) in [6.45, 7) is 2.11. The van der Waals surface area contributed by atoms with Gasteiger partial charge in [-0.15, -0.1) is 0 Å². The first-order valence-corrected chi connectivity index (χ1v) is 10.3. The Morgan fingerprint density at radius 3 is 2.80 bits per heavy atom. The highest BCUT2D eigenvalue weighted by Gasteiger charge is 2.58. The molecule has 0 saturated heterocycles. The normalized spacial score (nSPS) is 22.8. The van der Waals surface area contributed by atoms with E-state index in [1.54, 1.807) is 24.3 Å². The molecule has 4 rings (SSSR count). The van der Waals surface area contributed by atoms with Crippen LogP contribution in [-0.4, -0.2) is 29.0 Å². The standard InChI is InChI=1S/C21H18F4N2O2S/c1-2-5-12-11-29-17-7-4-3-6-15(17)21(12)27(20(28)18(24)25)26-19(30-21)14-10-13(22)8-9-16(14)23/h3-4,6-10,12,18H,2,5,11H2,1H3/t12-,21+/m0/s1. The van der Waals surface area contributed by atoms with Crippen LogP contribution in [0.3, 0.4) is 0 Å². The third-order valence-electron chi connectivity index (χ3n) is 5.22. The number of fused-ring (bicyclic) bond motifs is 2. The van der Waals surface area contributed by atoms with Crippen molar-refractivity contribution < 1.29 is 27.1 Å². The number of para-hydroxylation sites is 1. The first-order valence-electron chi connectivity index (χ1n) is 9.46. The topological polar surface area (TPSA) is 41.9 Å². The number of hydrogen-bond donors (Lipinski definition) is 0. The Hall–Kier alpha value is -2.55. The fourth-order valence-corrected chi connectivity index (χ4v) is 5.45. The number of rotatable bonds is 4. The molecule has 1 spiro atoms. The van der Waals surface area contributed by atoms with E-state index < -0.39 is 28.8 Å². The van der Waals surface area contributed by atoms with Crippen molar-refractivity contribution in [2.45, 2.75) is 31.1 Å². The predicted octanol–water partition coefficient (Wildman–Crippen LogP) is 5.13. The molecular weight excluding hydrogens is 420 g/mol. The lowest BCUT2D eigenvalue weighted by Crippen LogP contribution is -2.52. The van der Waals surface area contributed by atoms with E-state index in [4.69, 9.17) is 4.74 Å². The van der Waals surface area contributed by atoms with Crippen LogP contribution in [0.5, 0.6) is 5.75 Å². The largest absolute Gasteiger partial charge is 0.493 e. The molecule has 9 heteroatoms. The number of ether oxygens (including phenoxy) is 1. The van der Waals surface area contributed by atoms with Crippen LogP contribution in [0.4, 0.5) is 17.6 Å². The maximum Gasteiger partial charge on any atom is 0.317 e. The monoisotopic (exact) mass is 438 g/mol. The van der Waals surface area contributed by atoms with Gasteiger partial charge in [0.1, 0.15) is 22.4 Å². The number of hydrogen-bond acceptors (Lipinski definition) is 4. The Morgan fingerprint density at radius 2 is 2.07 bits per heavy atom. The lowest BCUT2D eigenvalue weighted by atomic mass is 9.86. The predicted molar refractivity (Wildman–Crippen MR) is 105 cm³/mol. The first kappa shape index (κ1) is 20.7. The van der Waals surface area contributed by atoms with Gasteiger partial charge in [0, 0.05) is 17.0 Å². The number of benzene rings is 2. The van der Waals surface area contributed by atoms with Gasteiger partial charge in [-0.3, -0.25) is 4.79 Å². The molecule has 2 aromatic carbocycles. The van der Waals surface area contributed by atoms with E-state index in [9.17, 15) is 22.4 Å². The Morgan fingerprint density at radius 1 is 1.30 bits per heavy atom. The molecule has 2 aliphatic rings. The number of carbonyl (C=O) groups is 1. The van der Waals surface area contributed by atoms with Crippen LogP contribution in [0.1, 0.15) is 30.9 Å². The fraction of sp³-hybridized carbons (Fsp3) is 0.333. The summed E-state index contributed by atoms with van der Waals surface area (Å²) < 4.78 is 61.2. The molecule has 0 unspecified atom stereocenters. The van der Waals surface area contributed by atoms with Gasteiger partial charge in [-0.05, 0) is 30.7 Å². The molecule has 0 aliphatic carbocycles. The number of nitrogens with zero attached hydrogens (tertiary/aromatic N) is 2. The smallest absolute Gasteiger partial charge is 0.317 e. The maximum absolute atomic E-state index is 14.5. The van der Waals surface area contributed by atoms with Crippen LogP contribution >= 0.6 is 11.8 Å². The molecule has 0 aromatic heterocycles. The summed E-state index contributed by atoms with van der Waals surface area (Å²) in [5.41, 5.74) is 0.326. The molecule has 2 aromatic rings. The molecule has 30 heavy (non-hydrogen) atoms. The molecule has 158 valence electrons. The number of carbonyl (C=O) groups excluding carboxylic acids is 1. The van der Waals surface area contributed by atoms with Gasteiger partial charge in [0.05, 0.1) is 6.61 Å². The Bertz CT molecular complexity index is 1020. The molecule has 4 nitrogen and oxygen atoms in total. The van der Waals surface area contributed by atoms with Gasteiger partial charge in [-0.2, -0.15) is 13.9 Å². The van der Waals surface area contributed by atoms with E-state index in [-0.39, 0.29) is 23.1 Å². The lowest BCUT2D eigenvalue weighted by Gasteiger charge is -2.45. The minimum atomic E-state index is -3.31. The van der Waals surface area contributed by atoms with Gasteiger partial charge in [-0.25, -0.2) is 13.8 Å². The molecule has 0 bridgehead atoms.